The summed E-state index contributed by atoms with van der Waals surface area (Å²) in [5, 5.41) is 32.2. The zero-order valence-corrected chi connectivity index (χ0v) is 13.3. The summed E-state index contributed by atoms with van der Waals surface area (Å²) in [5.41, 5.74) is 0. The van der Waals surface area contributed by atoms with Crippen molar-refractivity contribution in [3.8, 4) is 0 Å². The third-order valence-corrected chi connectivity index (χ3v) is 4.14. The van der Waals surface area contributed by atoms with Gasteiger partial charge in [-0.15, -0.1) is 0 Å². The van der Waals surface area contributed by atoms with Crippen molar-refractivity contribution < 1.29 is 34.4 Å². The molecule has 0 radical (unpaired) electrons. The van der Waals surface area contributed by atoms with Crippen molar-refractivity contribution in [1.82, 2.24) is 10.2 Å². The van der Waals surface area contributed by atoms with Crippen LogP contribution in [0.1, 0.15) is 26.2 Å². The summed E-state index contributed by atoms with van der Waals surface area (Å²) in [6.45, 7) is 1.84. The third kappa shape index (κ3) is 3.99. The van der Waals surface area contributed by atoms with Gasteiger partial charge in [0.05, 0.1) is 6.10 Å². The highest BCUT2D eigenvalue weighted by molar-refractivity contribution is 6.12. The number of imide groups is 1. The number of carbonyl (C=O) groups is 3. The molecule has 0 aromatic heterocycles. The maximum Gasteiger partial charge on any atom is 0.253 e. The van der Waals surface area contributed by atoms with E-state index in [2.05, 4.69) is 5.32 Å². The van der Waals surface area contributed by atoms with Crippen LogP contribution in [0.2, 0.25) is 0 Å². The monoisotopic (exact) mass is 342 g/mol. The minimum atomic E-state index is -1.43. The van der Waals surface area contributed by atoms with E-state index < -0.39 is 48.4 Å². The first kappa shape index (κ1) is 18.5. The Morgan fingerprint density at radius 1 is 1.21 bits per heavy atom. The molecule has 2 aliphatic heterocycles. The molecule has 0 bridgehead atoms. The molecular formula is C15H22N2O7. The van der Waals surface area contributed by atoms with Crippen molar-refractivity contribution in [2.75, 3.05) is 6.54 Å². The Bertz CT molecular complexity index is 518. The van der Waals surface area contributed by atoms with Crippen LogP contribution in [0.4, 0.5) is 0 Å². The summed E-state index contributed by atoms with van der Waals surface area (Å²) < 4.78 is 5.17. The quantitative estimate of drug-likeness (QED) is 0.411. The molecule has 9 heteroatoms. The van der Waals surface area contributed by atoms with Gasteiger partial charge in [0.25, 0.3) is 11.8 Å². The Morgan fingerprint density at radius 2 is 1.83 bits per heavy atom. The third-order valence-electron chi connectivity index (χ3n) is 4.14. The lowest BCUT2D eigenvalue weighted by Crippen LogP contribution is -2.63. The SMILES string of the molecule is CCC1O[C@@H](O)C(NC(=O)CCCN2C(=O)C=CC2=O)[C@@H](O)[C@@H]1O. The number of ether oxygens (including phenoxy) is 1. The predicted octanol–water partition coefficient (Wildman–Crippen LogP) is -1.97. The lowest BCUT2D eigenvalue weighted by molar-refractivity contribution is -0.247. The van der Waals surface area contributed by atoms with E-state index >= 15 is 0 Å². The Hall–Kier alpha value is -1.81. The lowest BCUT2D eigenvalue weighted by atomic mass is 9.95. The molecule has 4 N–H and O–H groups in total. The van der Waals surface area contributed by atoms with Crippen molar-refractivity contribution >= 4 is 17.7 Å². The van der Waals surface area contributed by atoms with Gasteiger partial charge < -0.3 is 25.4 Å². The van der Waals surface area contributed by atoms with Crippen molar-refractivity contribution in [3.63, 3.8) is 0 Å². The summed E-state index contributed by atoms with van der Waals surface area (Å²) >= 11 is 0. The number of hydrogen-bond acceptors (Lipinski definition) is 7. The summed E-state index contributed by atoms with van der Waals surface area (Å²) in [4.78, 5) is 35.7. The van der Waals surface area contributed by atoms with Gasteiger partial charge in [-0.05, 0) is 12.8 Å². The number of carbonyl (C=O) groups excluding carboxylic acids is 3. The average Bonchev–Trinajstić information content (AvgIpc) is 2.86. The highest BCUT2D eigenvalue weighted by Gasteiger charge is 2.43. The molecule has 2 rings (SSSR count). The van der Waals surface area contributed by atoms with Gasteiger partial charge in [0.15, 0.2) is 6.29 Å². The number of amides is 3. The van der Waals surface area contributed by atoms with Crippen LogP contribution in [0.5, 0.6) is 0 Å². The second-order valence-electron chi connectivity index (χ2n) is 5.81. The van der Waals surface area contributed by atoms with E-state index in [1.54, 1.807) is 6.92 Å². The van der Waals surface area contributed by atoms with Crippen LogP contribution in [0.15, 0.2) is 12.2 Å². The highest BCUT2D eigenvalue weighted by atomic mass is 16.6. The first-order valence-corrected chi connectivity index (χ1v) is 7.87. The fraction of sp³-hybridized carbons (Fsp3) is 0.667. The van der Waals surface area contributed by atoms with Crippen LogP contribution in [0.25, 0.3) is 0 Å². The fourth-order valence-corrected chi connectivity index (χ4v) is 2.75. The Balaban J connectivity index is 1.79. The minimum Gasteiger partial charge on any atom is -0.388 e. The van der Waals surface area contributed by atoms with E-state index in [0.29, 0.717) is 6.42 Å². The van der Waals surface area contributed by atoms with E-state index in [9.17, 15) is 29.7 Å². The molecule has 134 valence electrons. The molecule has 0 aromatic rings. The van der Waals surface area contributed by atoms with Crippen LogP contribution < -0.4 is 5.32 Å². The zero-order chi connectivity index (χ0) is 17.9. The average molecular weight is 342 g/mol. The first-order valence-electron chi connectivity index (χ1n) is 7.87. The molecule has 9 nitrogen and oxygen atoms in total. The van der Waals surface area contributed by atoms with Crippen molar-refractivity contribution in [2.24, 2.45) is 0 Å². The maximum atomic E-state index is 11.9. The Labute approximate surface area is 138 Å². The number of nitrogens with zero attached hydrogens (tertiary/aromatic N) is 1. The molecule has 0 aromatic carbocycles. The maximum absolute atomic E-state index is 11.9. The van der Waals surface area contributed by atoms with E-state index in [4.69, 9.17) is 4.74 Å². The standard InChI is InChI=1S/C15H22N2O7/c1-2-8-13(21)14(22)12(15(23)24-8)16-9(18)4-3-7-17-10(19)5-6-11(17)20/h5-6,8,12-15,21-23H,2-4,7H2,1H3,(H,16,18)/t8?,12?,13-,14-,15-/m1/s1. The molecule has 0 saturated carbocycles. The van der Waals surface area contributed by atoms with Gasteiger partial charge in [0.1, 0.15) is 18.2 Å². The van der Waals surface area contributed by atoms with Crippen molar-refractivity contribution in [2.45, 2.75) is 56.8 Å². The van der Waals surface area contributed by atoms with Crippen molar-refractivity contribution in [1.29, 1.82) is 0 Å². The zero-order valence-electron chi connectivity index (χ0n) is 13.3. The predicted molar refractivity (Wildman–Crippen MR) is 80.2 cm³/mol. The second kappa shape index (κ2) is 7.84. The molecule has 0 spiro atoms. The summed E-state index contributed by atoms with van der Waals surface area (Å²) in [7, 11) is 0. The lowest BCUT2D eigenvalue weighted by Gasteiger charge is -2.40. The van der Waals surface area contributed by atoms with Crippen LogP contribution >= 0.6 is 0 Å². The van der Waals surface area contributed by atoms with Crippen LogP contribution in [0, 0.1) is 0 Å². The van der Waals surface area contributed by atoms with E-state index in [1.165, 1.54) is 12.2 Å². The van der Waals surface area contributed by atoms with Gasteiger partial charge in [-0.2, -0.15) is 0 Å². The molecule has 24 heavy (non-hydrogen) atoms. The van der Waals surface area contributed by atoms with Crippen LogP contribution in [0.3, 0.4) is 0 Å². The summed E-state index contributed by atoms with van der Waals surface area (Å²) in [5.74, 6) is -1.32. The molecule has 2 heterocycles. The largest absolute Gasteiger partial charge is 0.388 e. The molecule has 2 aliphatic rings. The molecular weight excluding hydrogens is 320 g/mol. The van der Waals surface area contributed by atoms with E-state index in [1.807, 2.05) is 0 Å². The topological polar surface area (TPSA) is 136 Å². The number of aliphatic hydroxyl groups is 3. The molecule has 1 fully saturated rings. The molecule has 0 aliphatic carbocycles. The van der Waals surface area contributed by atoms with Crippen LogP contribution in [-0.2, 0) is 19.1 Å². The highest BCUT2D eigenvalue weighted by Crippen LogP contribution is 2.22. The summed E-state index contributed by atoms with van der Waals surface area (Å²) in [6, 6.07) is -1.15. The van der Waals surface area contributed by atoms with Gasteiger partial charge in [0, 0.05) is 25.1 Å². The van der Waals surface area contributed by atoms with Crippen molar-refractivity contribution in [3.05, 3.63) is 12.2 Å². The number of aliphatic hydroxyl groups excluding tert-OH is 3. The van der Waals surface area contributed by atoms with Gasteiger partial charge in [-0.1, -0.05) is 6.92 Å². The number of nitrogens with one attached hydrogen (secondary N) is 1. The Morgan fingerprint density at radius 3 is 2.42 bits per heavy atom. The molecule has 3 amide bonds. The molecule has 2 unspecified atom stereocenters. The van der Waals surface area contributed by atoms with Gasteiger partial charge in [-0.25, -0.2) is 0 Å². The van der Waals surface area contributed by atoms with E-state index in [0.717, 1.165) is 4.90 Å². The second-order valence-corrected chi connectivity index (χ2v) is 5.81. The fourth-order valence-electron chi connectivity index (χ4n) is 2.75. The smallest absolute Gasteiger partial charge is 0.253 e. The minimum absolute atomic E-state index is 0.0136. The van der Waals surface area contributed by atoms with Gasteiger partial charge >= 0.3 is 0 Å². The van der Waals surface area contributed by atoms with Gasteiger partial charge in [-0.3, -0.25) is 19.3 Å². The molecule has 1 saturated heterocycles. The normalized spacial score (nSPS) is 33.2. The van der Waals surface area contributed by atoms with E-state index in [-0.39, 0.29) is 19.4 Å². The number of rotatable bonds is 6. The molecule has 5 atom stereocenters. The van der Waals surface area contributed by atoms with Crippen LogP contribution in [-0.4, -0.2) is 75.1 Å². The Kier molecular flexibility index (Phi) is 6.05. The van der Waals surface area contributed by atoms with Gasteiger partial charge in [0.2, 0.25) is 5.91 Å². The summed E-state index contributed by atoms with van der Waals surface area (Å²) in [6.07, 6.45) is -1.73. The first-order chi connectivity index (χ1) is 11.3. The number of hydrogen-bond donors (Lipinski definition) is 4.